The van der Waals surface area contributed by atoms with Crippen molar-refractivity contribution in [2.75, 3.05) is 50.6 Å². The van der Waals surface area contributed by atoms with Gasteiger partial charge in [0.15, 0.2) is 11.5 Å². The predicted octanol–water partition coefficient (Wildman–Crippen LogP) is 2.64. The van der Waals surface area contributed by atoms with E-state index >= 15 is 0 Å². The molecule has 0 spiro atoms. The molecule has 0 saturated carbocycles. The largest absolute Gasteiger partial charge is 0.493 e. The van der Waals surface area contributed by atoms with Crippen molar-refractivity contribution < 1.29 is 14.3 Å². The van der Waals surface area contributed by atoms with Gasteiger partial charge in [-0.05, 0) is 43.5 Å². The number of carbonyl (C=O) groups is 1. The third-order valence-electron chi connectivity index (χ3n) is 4.82. The maximum atomic E-state index is 12.1. The van der Waals surface area contributed by atoms with E-state index in [4.69, 9.17) is 9.47 Å². The standard InChI is InChI=1S/C22H29N5O3/c1-16-25-20(15-21(26-16)27-12-4-5-13-27)23-10-11-24-22(28)9-7-17-6-8-18(29-2)19(14-17)30-3/h6-9,14-15H,4-5,10-13H2,1-3H3,(H,24,28)(H,23,25,26)/b9-7+. The molecule has 0 radical (unpaired) electrons. The lowest BCUT2D eigenvalue weighted by Gasteiger charge is -2.17. The number of hydrogen-bond donors (Lipinski definition) is 2. The summed E-state index contributed by atoms with van der Waals surface area (Å²) in [7, 11) is 3.17. The number of amides is 1. The van der Waals surface area contributed by atoms with Crippen LogP contribution in [0.25, 0.3) is 6.08 Å². The monoisotopic (exact) mass is 411 g/mol. The van der Waals surface area contributed by atoms with E-state index in [1.807, 2.05) is 25.1 Å². The van der Waals surface area contributed by atoms with Gasteiger partial charge in [0.05, 0.1) is 14.2 Å². The molecule has 1 aliphatic heterocycles. The molecule has 1 amide bonds. The zero-order valence-electron chi connectivity index (χ0n) is 17.8. The summed E-state index contributed by atoms with van der Waals surface area (Å²) in [5, 5.41) is 6.12. The second kappa shape index (κ2) is 10.5. The number of carbonyl (C=O) groups excluding carboxylic acids is 1. The van der Waals surface area contributed by atoms with Crippen LogP contribution >= 0.6 is 0 Å². The normalized spacial score (nSPS) is 13.5. The second-order valence-corrected chi connectivity index (χ2v) is 7.02. The van der Waals surface area contributed by atoms with Gasteiger partial charge in [0.2, 0.25) is 5.91 Å². The lowest BCUT2D eigenvalue weighted by Crippen LogP contribution is -2.27. The molecule has 0 aliphatic carbocycles. The van der Waals surface area contributed by atoms with Crippen LogP contribution in [0, 0.1) is 6.92 Å². The Morgan fingerprint density at radius 2 is 1.87 bits per heavy atom. The minimum absolute atomic E-state index is 0.164. The summed E-state index contributed by atoms with van der Waals surface area (Å²) in [5.41, 5.74) is 0.854. The average molecular weight is 412 g/mol. The first-order valence-electron chi connectivity index (χ1n) is 10.1. The molecule has 2 heterocycles. The minimum atomic E-state index is -0.164. The van der Waals surface area contributed by atoms with Crippen molar-refractivity contribution in [3.8, 4) is 11.5 Å². The summed E-state index contributed by atoms with van der Waals surface area (Å²) >= 11 is 0. The van der Waals surface area contributed by atoms with Crippen LogP contribution in [0.5, 0.6) is 11.5 Å². The van der Waals surface area contributed by atoms with Crippen LogP contribution in [-0.4, -0.2) is 56.3 Å². The maximum absolute atomic E-state index is 12.1. The molecule has 1 aromatic carbocycles. The maximum Gasteiger partial charge on any atom is 0.244 e. The van der Waals surface area contributed by atoms with E-state index in [0.717, 1.165) is 36.1 Å². The molecule has 8 heteroatoms. The molecule has 1 aliphatic rings. The van der Waals surface area contributed by atoms with Crippen molar-refractivity contribution >= 4 is 23.6 Å². The number of nitrogens with zero attached hydrogens (tertiary/aromatic N) is 3. The molecule has 0 unspecified atom stereocenters. The molecule has 160 valence electrons. The lowest BCUT2D eigenvalue weighted by atomic mass is 10.2. The number of rotatable bonds is 9. The van der Waals surface area contributed by atoms with Gasteiger partial charge in [-0.2, -0.15) is 0 Å². The molecular formula is C22H29N5O3. The Morgan fingerprint density at radius 1 is 1.10 bits per heavy atom. The van der Waals surface area contributed by atoms with E-state index in [1.165, 1.54) is 18.9 Å². The third-order valence-corrected chi connectivity index (χ3v) is 4.82. The highest BCUT2D eigenvalue weighted by atomic mass is 16.5. The van der Waals surface area contributed by atoms with E-state index in [2.05, 4.69) is 25.5 Å². The van der Waals surface area contributed by atoms with Gasteiger partial charge in [0, 0.05) is 38.3 Å². The number of aromatic nitrogens is 2. The summed E-state index contributed by atoms with van der Waals surface area (Å²) in [4.78, 5) is 23.3. The molecule has 0 atom stereocenters. The minimum Gasteiger partial charge on any atom is -0.493 e. The highest BCUT2D eigenvalue weighted by Gasteiger charge is 2.14. The summed E-state index contributed by atoms with van der Waals surface area (Å²) in [6, 6.07) is 7.46. The highest BCUT2D eigenvalue weighted by Crippen LogP contribution is 2.28. The zero-order chi connectivity index (χ0) is 21.3. The first-order valence-corrected chi connectivity index (χ1v) is 10.1. The van der Waals surface area contributed by atoms with Gasteiger partial charge in [0.1, 0.15) is 17.5 Å². The topological polar surface area (TPSA) is 88.6 Å². The Kier molecular flexibility index (Phi) is 7.48. The van der Waals surface area contributed by atoms with Crippen molar-refractivity contribution in [2.45, 2.75) is 19.8 Å². The summed E-state index contributed by atoms with van der Waals surface area (Å²) in [6.07, 6.45) is 5.64. The third kappa shape index (κ3) is 5.85. The van der Waals surface area contributed by atoms with Crippen molar-refractivity contribution in [3.63, 3.8) is 0 Å². The molecule has 2 aromatic rings. The van der Waals surface area contributed by atoms with Crippen LogP contribution in [0.3, 0.4) is 0 Å². The lowest BCUT2D eigenvalue weighted by molar-refractivity contribution is -0.116. The summed E-state index contributed by atoms with van der Waals surface area (Å²) in [6.45, 7) is 5.03. The molecule has 30 heavy (non-hydrogen) atoms. The molecular weight excluding hydrogens is 382 g/mol. The number of anilines is 2. The van der Waals surface area contributed by atoms with Crippen LogP contribution < -0.4 is 25.0 Å². The van der Waals surface area contributed by atoms with E-state index in [-0.39, 0.29) is 5.91 Å². The number of ether oxygens (including phenoxy) is 2. The fraction of sp³-hybridized carbons (Fsp3) is 0.409. The van der Waals surface area contributed by atoms with Crippen molar-refractivity contribution in [3.05, 3.63) is 41.7 Å². The van der Waals surface area contributed by atoms with E-state index < -0.39 is 0 Å². The average Bonchev–Trinajstić information content (AvgIpc) is 3.29. The van der Waals surface area contributed by atoms with Crippen molar-refractivity contribution in [1.82, 2.24) is 15.3 Å². The van der Waals surface area contributed by atoms with Gasteiger partial charge >= 0.3 is 0 Å². The molecule has 1 saturated heterocycles. The first-order chi connectivity index (χ1) is 14.6. The zero-order valence-corrected chi connectivity index (χ0v) is 17.8. The van der Waals surface area contributed by atoms with E-state index in [9.17, 15) is 4.79 Å². The number of methoxy groups -OCH3 is 2. The molecule has 1 aromatic heterocycles. The Morgan fingerprint density at radius 3 is 2.60 bits per heavy atom. The molecule has 1 fully saturated rings. The molecule has 2 N–H and O–H groups in total. The van der Waals surface area contributed by atoms with Gasteiger partial charge in [-0.3, -0.25) is 4.79 Å². The Labute approximate surface area is 177 Å². The summed E-state index contributed by atoms with van der Waals surface area (Å²) < 4.78 is 10.5. The van der Waals surface area contributed by atoms with Gasteiger partial charge < -0.3 is 25.0 Å². The fourth-order valence-electron chi connectivity index (χ4n) is 3.31. The van der Waals surface area contributed by atoms with Gasteiger partial charge in [-0.15, -0.1) is 0 Å². The van der Waals surface area contributed by atoms with E-state index in [0.29, 0.717) is 24.6 Å². The quantitative estimate of drug-likeness (QED) is 0.484. The van der Waals surface area contributed by atoms with Crippen LogP contribution in [-0.2, 0) is 4.79 Å². The van der Waals surface area contributed by atoms with Crippen molar-refractivity contribution in [2.24, 2.45) is 0 Å². The smallest absolute Gasteiger partial charge is 0.244 e. The van der Waals surface area contributed by atoms with Crippen LogP contribution in [0.2, 0.25) is 0 Å². The predicted molar refractivity (Wildman–Crippen MR) is 118 cm³/mol. The summed E-state index contributed by atoms with van der Waals surface area (Å²) in [5.74, 6) is 3.59. The van der Waals surface area contributed by atoms with Crippen LogP contribution in [0.15, 0.2) is 30.3 Å². The van der Waals surface area contributed by atoms with Gasteiger partial charge in [-0.25, -0.2) is 9.97 Å². The number of benzene rings is 1. The second-order valence-electron chi connectivity index (χ2n) is 7.02. The Hall–Kier alpha value is -3.29. The van der Waals surface area contributed by atoms with Gasteiger partial charge in [-0.1, -0.05) is 6.07 Å². The fourth-order valence-corrected chi connectivity index (χ4v) is 3.31. The Bertz CT molecular complexity index is 894. The molecule has 3 rings (SSSR count). The first kappa shape index (κ1) is 21.4. The number of hydrogen-bond acceptors (Lipinski definition) is 7. The molecule has 0 bridgehead atoms. The van der Waals surface area contributed by atoms with Crippen LogP contribution in [0.4, 0.5) is 11.6 Å². The number of nitrogens with one attached hydrogen (secondary N) is 2. The van der Waals surface area contributed by atoms with E-state index in [1.54, 1.807) is 26.4 Å². The number of aryl methyl sites for hydroxylation is 1. The molecule has 8 nitrogen and oxygen atoms in total. The Balaban J connectivity index is 1.46. The van der Waals surface area contributed by atoms with Gasteiger partial charge in [0.25, 0.3) is 0 Å². The SMILES string of the molecule is COc1ccc(/C=C/C(=O)NCCNc2cc(N3CCCC3)nc(C)n2)cc1OC. The highest BCUT2D eigenvalue weighted by molar-refractivity contribution is 5.91. The van der Waals surface area contributed by atoms with Crippen molar-refractivity contribution in [1.29, 1.82) is 0 Å². The van der Waals surface area contributed by atoms with Crippen LogP contribution in [0.1, 0.15) is 24.2 Å².